The summed E-state index contributed by atoms with van der Waals surface area (Å²) in [7, 11) is 2.16. The zero-order chi connectivity index (χ0) is 10.0. The first-order valence-corrected chi connectivity index (χ1v) is 5.34. The Morgan fingerprint density at radius 2 is 1.86 bits per heavy atom. The minimum atomic E-state index is 0.0515. The summed E-state index contributed by atoms with van der Waals surface area (Å²) in [6.45, 7) is 7.25. The minimum absolute atomic E-state index is 0.0515. The van der Waals surface area contributed by atoms with E-state index >= 15 is 0 Å². The molecule has 2 aliphatic heterocycles. The van der Waals surface area contributed by atoms with Crippen LogP contribution in [0, 0.1) is 5.41 Å². The Hall–Kier alpha value is -0.160. The van der Waals surface area contributed by atoms with E-state index in [1.54, 1.807) is 0 Å². The topological polar surface area (TPSA) is 35.9 Å². The van der Waals surface area contributed by atoms with Crippen molar-refractivity contribution in [2.75, 3.05) is 59.6 Å². The van der Waals surface area contributed by atoms with Gasteiger partial charge in [0.05, 0.1) is 25.2 Å². The van der Waals surface area contributed by atoms with Crippen LogP contribution in [0.15, 0.2) is 0 Å². The van der Waals surface area contributed by atoms with Crippen molar-refractivity contribution < 1.29 is 9.84 Å². The molecule has 0 unspecified atom stereocenters. The van der Waals surface area contributed by atoms with Gasteiger partial charge in [0, 0.05) is 32.7 Å². The predicted molar refractivity (Wildman–Crippen MR) is 54.3 cm³/mol. The molecule has 0 atom stereocenters. The Kier molecular flexibility index (Phi) is 3.07. The smallest absolute Gasteiger partial charge is 0.0579 e. The van der Waals surface area contributed by atoms with Gasteiger partial charge in [0.2, 0.25) is 0 Å². The third kappa shape index (κ3) is 2.08. The summed E-state index contributed by atoms with van der Waals surface area (Å²) in [6.07, 6.45) is 0. The van der Waals surface area contributed by atoms with E-state index in [1.807, 2.05) is 0 Å². The van der Waals surface area contributed by atoms with Gasteiger partial charge in [-0.1, -0.05) is 0 Å². The van der Waals surface area contributed by atoms with Gasteiger partial charge < -0.3 is 14.7 Å². The lowest BCUT2D eigenvalue weighted by Gasteiger charge is -2.45. The van der Waals surface area contributed by atoms with Crippen LogP contribution in [0.4, 0.5) is 0 Å². The summed E-state index contributed by atoms with van der Waals surface area (Å²) in [6, 6.07) is 0. The summed E-state index contributed by atoms with van der Waals surface area (Å²) < 4.78 is 5.19. The maximum absolute atomic E-state index is 9.30. The van der Waals surface area contributed by atoms with E-state index in [0.717, 1.165) is 45.9 Å². The number of hydrogen-bond acceptors (Lipinski definition) is 4. The van der Waals surface area contributed by atoms with Crippen molar-refractivity contribution in [1.29, 1.82) is 0 Å². The molecule has 0 radical (unpaired) electrons. The van der Waals surface area contributed by atoms with E-state index in [2.05, 4.69) is 16.8 Å². The first kappa shape index (κ1) is 10.4. The van der Waals surface area contributed by atoms with Crippen LogP contribution in [0.3, 0.4) is 0 Å². The molecule has 14 heavy (non-hydrogen) atoms. The lowest BCUT2D eigenvalue weighted by Crippen LogP contribution is -2.56. The fraction of sp³-hybridized carbons (Fsp3) is 1.00. The van der Waals surface area contributed by atoms with Crippen molar-refractivity contribution in [3.05, 3.63) is 0 Å². The average molecular weight is 200 g/mol. The highest BCUT2D eigenvalue weighted by atomic mass is 16.5. The van der Waals surface area contributed by atoms with Gasteiger partial charge in [0.1, 0.15) is 0 Å². The molecule has 0 aromatic rings. The molecule has 2 saturated heterocycles. The van der Waals surface area contributed by atoms with Crippen LogP contribution in [0.2, 0.25) is 0 Å². The molecule has 1 N–H and O–H groups in total. The van der Waals surface area contributed by atoms with Crippen molar-refractivity contribution in [3.63, 3.8) is 0 Å². The first-order valence-electron chi connectivity index (χ1n) is 5.34. The lowest BCUT2D eigenvalue weighted by atomic mass is 9.86. The Balaban J connectivity index is 1.79. The number of aliphatic hydroxyl groups excluding tert-OH is 1. The minimum Gasteiger partial charge on any atom is -0.396 e. The Morgan fingerprint density at radius 1 is 1.21 bits per heavy atom. The summed E-state index contributed by atoms with van der Waals surface area (Å²) >= 11 is 0. The van der Waals surface area contributed by atoms with E-state index < -0.39 is 0 Å². The third-order valence-corrected chi connectivity index (χ3v) is 3.31. The summed E-state index contributed by atoms with van der Waals surface area (Å²) in [4.78, 5) is 4.79. The number of nitrogens with zero attached hydrogens (tertiary/aromatic N) is 2. The van der Waals surface area contributed by atoms with E-state index in [9.17, 15) is 5.11 Å². The van der Waals surface area contributed by atoms with Crippen LogP contribution in [-0.4, -0.2) is 74.5 Å². The summed E-state index contributed by atoms with van der Waals surface area (Å²) in [5.74, 6) is 0. The molecule has 4 heteroatoms. The molecular weight excluding hydrogens is 180 g/mol. The van der Waals surface area contributed by atoms with Crippen molar-refractivity contribution in [1.82, 2.24) is 9.80 Å². The van der Waals surface area contributed by atoms with Crippen LogP contribution < -0.4 is 0 Å². The van der Waals surface area contributed by atoms with E-state index in [4.69, 9.17) is 4.74 Å². The number of ether oxygens (including phenoxy) is 1. The monoisotopic (exact) mass is 200 g/mol. The van der Waals surface area contributed by atoms with Crippen molar-refractivity contribution in [3.8, 4) is 0 Å². The van der Waals surface area contributed by atoms with Crippen LogP contribution in [0.1, 0.15) is 0 Å². The van der Waals surface area contributed by atoms with Crippen LogP contribution in [0.5, 0.6) is 0 Å². The Morgan fingerprint density at radius 3 is 2.29 bits per heavy atom. The highest BCUT2D eigenvalue weighted by molar-refractivity contribution is 4.89. The number of piperazine rings is 1. The van der Waals surface area contributed by atoms with E-state index in [1.165, 1.54) is 0 Å². The number of likely N-dealkylation sites (N-methyl/N-ethyl adjacent to an activating group) is 1. The van der Waals surface area contributed by atoms with Gasteiger partial charge in [-0.15, -0.1) is 0 Å². The van der Waals surface area contributed by atoms with Crippen LogP contribution >= 0.6 is 0 Å². The quantitative estimate of drug-likeness (QED) is 0.650. The van der Waals surface area contributed by atoms with Gasteiger partial charge in [0.15, 0.2) is 0 Å². The van der Waals surface area contributed by atoms with Gasteiger partial charge >= 0.3 is 0 Å². The van der Waals surface area contributed by atoms with Gasteiger partial charge in [-0.3, -0.25) is 4.90 Å². The van der Waals surface area contributed by atoms with E-state index in [-0.39, 0.29) is 12.0 Å². The largest absolute Gasteiger partial charge is 0.396 e. The van der Waals surface area contributed by atoms with Gasteiger partial charge in [-0.25, -0.2) is 0 Å². The fourth-order valence-electron chi connectivity index (χ4n) is 2.10. The molecule has 0 bridgehead atoms. The molecule has 2 heterocycles. The van der Waals surface area contributed by atoms with Crippen LogP contribution in [0.25, 0.3) is 0 Å². The third-order valence-electron chi connectivity index (χ3n) is 3.31. The van der Waals surface area contributed by atoms with Gasteiger partial charge in [0.25, 0.3) is 0 Å². The summed E-state index contributed by atoms with van der Waals surface area (Å²) in [5.41, 5.74) is 0.0515. The Labute approximate surface area is 85.4 Å². The first-order chi connectivity index (χ1) is 6.74. The van der Waals surface area contributed by atoms with Crippen molar-refractivity contribution in [2.45, 2.75) is 0 Å². The molecular formula is C10H20N2O2. The standard InChI is InChI=1S/C10H20N2O2/c1-11-2-4-12(5-3-11)6-10(7-13)8-14-9-10/h13H,2-9H2,1H3. The number of rotatable bonds is 3. The lowest BCUT2D eigenvalue weighted by molar-refractivity contribution is -0.150. The highest BCUT2D eigenvalue weighted by Crippen LogP contribution is 2.28. The van der Waals surface area contributed by atoms with Gasteiger partial charge in [-0.2, -0.15) is 0 Å². The molecule has 2 aliphatic rings. The average Bonchev–Trinajstić information content (AvgIpc) is 2.15. The van der Waals surface area contributed by atoms with E-state index in [0.29, 0.717) is 0 Å². The fourth-order valence-corrected chi connectivity index (χ4v) is 2.10. The number of hydrogen-bond donors (Lipinski definition) is 1. The van der Waals surface area contributed by atoms with Gasteiger partial charge in [-0.05, 0) is 7.05 Å². The molecule has 4 nitrogen and oxygen atoms in total. The Bertz CT molecular complexity index is 181. The molecule has 2 rings (SSSR count). The summed E-state index contributed by atoms with van der Waals surface area (Å²) in [5, 5.41) is 9.30. The molecule has 0 aliphatic carbocycles. The molecule has 82 valence electrons. The zero-order valence-electron chi connectivity index (χ0n) is 8.91. The maximum atomic E-state index is 9.30. The SMILES string of the molecule is CN1CCN(CC2(CO)COC2)CC1. The normalized spacial score (nSPS) is 28.7. The molecule has 0 saturated carbocycles. The second-order valence-corrected chi connectivity index (χ2v) is 4.73. The maximum Gasteiger partial charge on any atom is 0.0579 e. The molecule has 2 fully saturated rings. The molecule has 0 amide bonds. The predicted octanol–water partition coefficient (Wildman–Crippen LogP) is -0.757. The van der Waals surface area contributed by atoms with Crippen molar-refractivity contribution in [2.24, 2.45) is 5.41 Å². The van der Waals surface area contributed by atoms with Crippen LogP contribution in [-0.2, 0) is 4.74 Å². The highest BCUT2D eigenvalue weighted by Gasteiger charge is 2.39. The molecule has 0 spiro atoms. The molecule has 0 aromatic heterocycles. The second-order valence-electron chi connectivity index (χ2n) is 4.73. The zero-order valence-corrected chi connectivity index (χ0v) is 8.91. The van der Waals surface area contributed by atoms with Crippen molar-refractivity contribution >= 4 is 0 Å². The number of aliphatic hydroxyl groups is 1. The second kappa shape index (κ2) is 4.14. The molecule has 0 aromatic carbocycles.